The smallest absolute Gasteiger partial charge is 0.340 e. The second kappa shape index (κ2) is 9.78. The molecule has 2 aromatic carbocycles. The molecule has 4 rings (SSSR count). The summed E-state index contributed by atoms with van der Waals surface area (Å²) in [6, 6.07) is 14.6. The third-order valence-electron chi connectivity index (χ3n) is 4.89. The lowest BCUT2D eigenvalue weighted by Crippen LogP contribution is -2.08. The Morgan fingerprint density at radius 2 is 1.97 bits per heavy atom. The fraction of sp³-hybridized carbons (Fsp3) is 0.120. The monoisotopic (exact) mass is 442 g/mol. The van der Waals surface area contributed by atoms with Gasteiger partial charge in [0.1, 0.15) is 17.7 Å². The minimum absolute atomic E-state index is 0.263. The van der Waals surface area contributed by atoms with Gasteiger partial charge >= 0.3 is 5.97 Å². The summed E-state index contributed by atoms with van der Waals surface area (Å²) in [5.41, 5.74) is 3.61. The number of carbonyl (C=O) groups is 2. The molecule has 1 amide bonds. The number of fused-ring (bicyclic) bond motifs is 1. The lowest BCUT2D eigenvalue weighted by molar-refractivity contribution is -0.111. The molecule has 0 fully saturated rings. The second-order valence-corrected chi connectivity index (χ2v) is 7.05. The maximum atomic E-state index is 12.5. The van der Waals surface area contributed by atoms with Crippen LogP contribution < -0.4 is 10.1 Å². The van der Waals surface area contributed by atoms with Gasteiger partial charge in [0.25, 0.3) is 0 Å². The van der Waals surface area contributed by atoms with E-state index in [-0.39, 0.29) is 12.5 Å². The fourth-order valence-electron chi connectivity index (χ4n) is 3.40. The van der Waals surface area contributed by atoms with Crippen LogP contribution in [-0.4, -0.2) is 40.5 Å². The summed E-state index contributed by atoms with van der Waals surface area (Å²) in [4.78, 5) is 36.4. The zero-order valence-electron chi connectivity index (χ0n) is 18.2. The molecule has 8 nitrogen and oxygen atoms in total. The Kier molecular flexibility index (Phi) is 6.45. The van der Waals surface area contributed by atoms with Gasteiger partial charge in [-0.15, -0.1) is 0 Å². The largest absolute Gasteiger partial charge is 0.497 e. The van der Waals surface area contributed by atoms with Gasteiger partial charge in [-0.25, -0.2) is 14.8 Å². The van der Waals surface area contributed by atoms with E-state index in [2.05, 4.69) is 20.3 Å². The number of esters is 1. The highest BCUT2D eigenvalue weighted by Gasteiger charge is 2.19. The van der Waals surface area contributed by atoms with Crippen LogP contribution in [0.1, 0.15) is 22.8 Å². The number of H-pyrrole nitrogens is 1. The van der Waals surface area contributed by atoms with Gasteiger partial charge in [0.15, 0.2) is 0 Å². The van der Waals surface area contributed by atoms with E-state index < -0.39 is 5.97 Å². The zero-order valence-corrected chi connectivity index (χ0v) is 18.2. The van der Waals surface area contributed by atoms with Crippen molar-refractivity contribution in [2.45, 2.75) is 6.92 Å². The number of nitrogens with one attached hydrogen (secondary N) is 2. The van der Waals surface area contributed by atoms with Gasteiger partial charge in [-0.2, -0.15) is 0 Å². The highest BCUT2D eigenvalue weighted by atomic mass is 16.5. The molecule has 166 valence electrons. The molecule has 0 unspecified atom stereocenters. The molecule has 0 saturated heterocycles. The molecule has 0 aliphatic rings. The molecule has 33 heavy (non-hydrogen) atoms. The van der Waals surface area contributed by atoms with E-state index in [0.717, 1.165) is 11.1 Å². The van der Waals surface area contributed by atoms with Crippen molar-refractivity contribution in [1.82, 2.24) is 15.0 Å². The summed E-state index contributed by atoms with van der Waals surface area (Å²) in [6.45, 7) is 2.01. The molecule has 0 radical (unpaired) electrons. The molecule has 0 atom stereocenters. The molecular weight excluding hydrogens is 420 g/mol. The number of hydrogen-bond donors (Lipinski definition) is 2. The topological polar surface area (TPSA) is 106 Å². The lowest BCUT2D eigenvalue weighted by Gasteiger charge is -2.08. The van der Waals surface area contributed by atoms with Crippen LogP contribution in [-0.2, 0) is 9.53 Å². The summed E-state index contributed by atoms with van der Waals surface area (Å²) in [7, 11) is 1.59. The average Bonchev–Trinajstić information content (AvgIpc) is 3.28. The van der Waals surface area contributed by atoms with Crippen molar-refractivity contribution in [3.8, 4) is 17.0 Å². The van der Waals surface area contributed by atoms with Gasteiger partial charge < -0.3 is 19.8 Å². The maximum absolute atomic E-state index is 12.5. The molecule has 2 heterocycles. The minimum atomic E-state index is -0.452. The van der Waals surface area contributed by atoms with Crippen molar-refractivity contribution in [3.63, 3.8) is 0 Å². The Morgan fingerprint density at radius 3 is 2.79 bits per heavy atom. The predicted octanol–water partition coefficient (Wildman–Crippen LogP) is 4.46. The Labute approximate surface area is 190 Å². The standard InChI is InChI=1S/C25H22N4O4/c1-3-33-25(31)20-14-26-24-22(20)23(27-15-28-24)17-7-5-8-18(13-17)29-21(30)11-10-16-6-4-9-19(12-16)32-2/h4-15H,3H2,1-2H3,(H,29,30)(H,26,27,28). The van der Waals surface area contributed by atoms with E-state index in [9.17, 15) is 9.59 Å². The van der Waals surface area contributed by atoms with Crippen LogP contribution in [0.2, 0.25) is 0 Å². The molecule has 0 aliphatic heterocycles. The highest BCUT2D eigenvalue weighted by Crippen LogP contribution is 2.30. The normalized spacial score (nSPS) is 11.0. The van der Waals surface area contributed by atoms with Crippen molar-refractivity contribution in [3.05, 3.63) is 78.3 Å². The summed E-state index contributed by atoms with van der Waals surface area (Å²) in [5.74, 6) is -0.0167. The van der Waals surface area contributed by atoms with E-state index in [1.54, 1.807) is 44.5 Å². The SMILES string of the molecule is CCOC(=O)c1c[nH]c2ncnc(-c3cccc(NC(=O)C=Cc4cccc(OC)c4)c3)c12. The first kappa shape index (κ1) is 21.8. The Balaban J connectivity index is 1.59. The van der Waals surface area contributed by atoms with Gasteiger partial charge in [0, 0.05) is 23.5 Å². The minimum Gasteiger partial charge on any atom is -0.497 e. The van der Waals surface area contributed by atoms with Crippen LogP contribution in [0.4, 0.5) is 5.69 Å². The molecule has 2 aromatic heterocycles. The van der Waals surface area contributed by atoms with Gasteiger partial charge in [0.2, 0.25) is 5.91 Å². The van der Waals surface area contributed by atoms with E-state index in [1.165, 1.54) is 12.4 Å². The number of aromatic nitrogens is 3. The Hall–Kier alpha value is -4.46. The lowest BCUT2D eigenvalue weighted by atomic mass is 10.1. The molecule has 0 aliphatic carbocycles. The van der Waals surface area contributed by atoms with Crippen molar-refractivity contribution < 1.29 is 19.1 Å². The first-order valence-corrected chi connectivity index (χ1v) is 10.3. The van der Waals surface area contributed by atoms with Crippen LogP contribution in [0.5, 0.6) is 5.75 Å². The van der Waals surface area contributed by atoms with Gasteiger partial charge in [-0.1, -0.05) is 24.3 Å². The van der Waals surface area contributed by atoms with Crippen molar-refractivity contribution in [2.75, 3.05) is 19.0 Å². The van der Waals surface area contributed by atoms with Crippen LogP contribution in [0.25, 0.3) is 28.4 Å². The Bertz CT molecular complexity index is 1340. The molecule has 0 bridgehead atoms. The number of ether oxygens (including phenoxy) is 2. The highest BCUT2D eigenvalue weighted by molar-refractivity contribution is 6.08. The number of aromatic amines is 1. The first-order chi connectivity index (χ1) is 16.1. The van der Waals surface area contributed by atoms with Crippen molar-refractivity contribution >= 4 is 34.7 Å². The zero-order chi connectivity index (χ0) is 23.2. The van der Waals surface area contributed by atoms with E-state index in [1.807, 2.05) is 30.3 Å². The third-order valence-corrected chi connectivity index (χ3v) is 4.89. The third kappa shape index (κ3) is 4.90. The molecule has 0 saturated carbocycles. The Morgan fingerprint density at radius 1 is 1.12 bits per heavy atom. The number of methoxy groups -OCH3 is 1. The van der Waals surface area contributed by atoms with E-state index >= 15 is 0 Å². The van der Waals surface area contributed by atoms with Gasteiger partial charge in [0.05, 0.1) is 30.4 Å². The molecule has 4 aromatic rings. The molecule has 0 spiro atoms. The first-order valence-electron chi connectivity index (χ1n) is 10.3. The summed E-state index contributed by atoms with van der Waals surface area (Å²) >= 11 is 0. The van der Waals surface area contributed by atoms with Crippen molar-refractivity contribution in [1.29, 1.82) is 0 Å². The van der Waals surface area contributed by atoms with Crippen LogP contribution in [0.3, 0.4) is 0 Å². The molecular formula is C25H22N4O4. The summed E-state index contributed by atoms with van der Waals surface area (Å²) < 4.78 is 10.4. The summed E-state index contributed by atoms with van der Waals surface area (Å²) in [6.07, 6.45) is 6.15. The molecule has 8 heteroatoms. The quantitative estimate of drug-likeness (QED) is 0.323. The number of benzene rings is 2. The van der Waals surface area contributed by atoms with E-state index in [4.69, 9.17) is 9.47 Å². The number of carbonyl (C=O) groups excluding carboxylic acids is 2. The number of rotatable bonds is 7. The summed E-state index contributed by atoms with van der Waals surface area (Å²) in [5, 5.41) is 3.42. The van der Waals surface area contributed by atoms with Crippen LogP contribution >= 0.6 is 0 Å². The predicted molar refractivity (Wildman–Crippen MR) is 126 cm³/mol. The number of hydrogen-bond acceptors (Lipinski definition) is 6. The maximum Gasteiger partial charge on any atom is 0.340 e. The van der Waals surface area contributed by atoms with E-state index in [0.29, 0.717) is 33.7 Å². The average molecular weight is 442 g/mol. The number of nitrogens with zero attached hydrogens (tertiary/aromatic N) is 2. The fourth-order valence-corrected chi connectivity index (χ4v) is 3.40. The van der Waals surface area contributed by atoms with Gasteiger partial charge in [-0.3, -0.25) is 4.79 Å². The number of anilines is 1. The number of amides is 1. The molecule has 2 N–H and O–H groups in total. The van der Waals surface area contributed by atoms with Crippen LogP contribution in [0.15, 0.2) is 67.1 Å². The van der Waals surface area contributed by atoms with Crippen molar-refractivity contribution in [2.24, 2.45) is 0 Å². The second-order valence-electron chi connectivity index (χ2n) is 7.05. The van der Waals surface area contributed by atoms with Gasteiger partial charge in [-0.05, 0) is 42.8 Å². The van der Waals surface area contributed by atoms with Crippen LogP contribution in [0, 0.1) is 0 Å².